The molecule has 0 radical (unpaired) electrons. The van der Waals surface area contributed by atoms with E-state index in [0.29, 0.717) is 34.8 Å². The minimum Gasteiger partial charge on any atom is -0.348 e. The number of hydrogen-bond donors (Lipinski definition) is 2. The molecule has 1 heterocycles. The van der Waals surface area contributed by atoms with Crippen molar-refractivity contribution in [2.75, 3.05) is 19.4 Å². The van der Waals surface area contributed by atoms with Crippen LogP contribution in [0.4, 0.5) is 15.8 Å². The zero-order valence-corrected chi connectivity index (χ0v) is 21.8. The summed E-state index contributed by atoms with van der Waals surface area (Å²) in [5, 5.41) is 5.75. The summed E-state index contributed by atoms with van der Waals surface area (Å²) in [7, 11) is 4.02. The number of nitrogens with one attached hydrogen (secondary N) is 2. The number of benzene rings is 4. The van der Waals surface area contributed by atoms with Gasteiger partial charge in [0.05, 0.1) is 11.4 Å². The number of carbonyl (C=O) groups is 2. The molecule has 4 aromatic carbocycles. The SMILES string of the molecule is CN(C)Cc1ccc(N=C(c2cccc(CNC(=O)c3ccccc3)c2)C2C(=O)Nc3cc(F)ccc32)cc1. The van der Waals surface area contributed by atoms with Gasteiger partial charge in [-0.2, -0.15) is 0 Å². The molecular formula is C32H29FN4O2. The number of fused-ring (bicyclic) bond motifs is 1. The Morgan fingerprint density at radius 1 is 0.897 bits per heavy atom. The van der Waals surface area contributed by atoms with Gasteiger partial charge >= 0.3 is 0 Å². The molecule has 0 aromatic heterocycles. The van der Waals surface area contributed by atoms with Crippen molar-refractivity contribution in [2.45, 2.75) is 19.0 Å². The van der Waals surface area contributed by atoms with Gasteiger partial charge in [0.1, 0.15) is 11.7 Å². The van der Waals surface area contributed by atoms with E-state index in [1.807, 2.05) is 80.8 Å². The van der Waals surface area contributed by atoms with Crippen molar-refractivity contribution in [1.82, 2.24) is 10.2 Å². The summed E-state index contributed by atoms with van der Waals surface area (Å²) >= 11 is 0. The maximum Gasteiger partial charge on any atom is 0.251 e. The molecular weight excluding hydrogens is 491 g/mol. The molecule has 1 aliphatic heterocycles. The third-order valence-electron chi connectivity index (χ3n) is 6.52. The van der Waals surface area contributed by atoms with Gasteiger partial charge < -0.3 is 15.5 Å². The summed E-state index contributed by atoms with van der Waals surface area (Å²) in [6.07, 6.45) is 0. The third-order valence-corrected chi connectivity index (χ3v) is 6.52. The van der Waals surface area contributed by atoms with Crippen molar-refractivity contribution in [1.29, 1.82) is 0 Å². The Morgan fingerprint density at radius 3 is 2.38 bits per heavy atom. The number of rotatable bonds is 8. The van der Waals surface area contributed by atoms with Crippen LogP contribution in [0.3, 0.4) is 0 Å². The minimum absolute atomic E-state index is 0.168. The molecule has 0 spiro atoms. The molecule has 0 bridgehead atoms. The summed E-state index contributed by atoms with van der Waals surface area (Å²) in [5.74, 6) is -1.56. The van der Waals surface area contributed by atoms with Gasteiger partial charge in [0.25, 0.3) is 5.91 Å². The van der Waals surface area contributed by atoms with Crippen LogP contribution in [0.1, 0.15) is 38.5 Å². The predicted octanol–water partition coefficient (Wildman–Crippen LogP) is 5.67. The zero-order chi connectivity index (χ0) is 27.4. The molecule has 1 aliphatic rings. The van der Waals surface area contributed by atoms with Crippen LogP contribution in [-0.2, 0) is 17.9 Å². The highest BCUT2D eigenvalue weighted by Crippen LogP contribution is 2.37. The Kier molecular flexibility index (Phi) is 7.61. The molecule has 7 heteroatoms. The number of carbonyl (C=O) groups excluding carboxylic acids is 2. The molecule has 196 valence electrons. The van der Waals surface area contributed by atoms with Gasteiger partial charge in [0.15, 0.2) is 0 Å². The summed E-state index contributed by atoms with van der Waals surface area (Å²) in [4.78, 5) is 32.8. The molecule has 1 unspecified atom stereocenters. The van der Waals surface area contributed by atoms with E-state index in [0.717, 1.165) is 23.2 Å². The molecule has 2 amide bonds. The van der Waals surface area contributed by atoms with Gasteiger partial charge in [0.2, 0.25) is 5.91 Å². The number of anilines is 1. The second-order valence-electron chi connectivity index (χ2n) is 9.80. The first kappa shape index (κ1) is 26.0. The Balaban J connectivity index is 1.49. The lowest BCUT2D eigenvalue weighted by atomic mass is 9.90. The molecule has 2 N–H and O–H groups in total. The smallest absolute Gasteiger partial charge is 0.251 e. The molecule has 0 saturated heterocycles. The molecule has 1 atom stereocenters. The predicted molar refractivity (Wildman–Crippen MR) is 152 cm³/mol. The average molecular weight is 521 g/mol. The molecule has 5 rings (SSSR count). The molecule has 6 nitrogen and oxygen atoms in total. The van der Waals surface area contributed by atoms with Crippen molar-refractivity contribution in [2.24, 2.45) is 4.99 Å². The van der Waals surface area contributed by atoms with Crippen LogP contribution in [0, 0.1) is 5.82 Å². The van der Waals surface area contributed by atoms with E-state index in [1.165, 1.54) is 12.1 Å². The fourth-order valence-corrected chi connectivity index (χ4v) is 4.70. The Morgan fingerprint density at radius 2 is 1.64 bits per heavy atom. The van der Waals surface area contributed by atoms with E-state index < -0.39 is 11.7 Å². The lowest BCUT2D eigenvalue weighted by molar-refractivity contribution is -0.115. The van der Waals surface area contributed by atoms with Crippen molar-refractivity contribution >= 4 is 28.9 Å². The first-order chi connectivity index (χ1) is 18.9. The van der Waals surface area contributed by atoms with Crippen molar-refractivity contribution < 1.29 is 14.0 Å². The van der Waals surface area contributed by atoms with Gasteiger partial charge in [-0.15, -0.1) is 0 Å². The Labute approximate surface area is 227 Å². The second-order valence-corrected chi connectivity index (χ2v) is 9.80. The van der Waals surface area contributed by atoms with Crippen LogP contribution in [0.25, 0.3) is 0 Å². The normalized spacial score (nSPS) is 14.7. The number of halogens is 1. The second kappa shape index (κ2) is 11.4. The molecule has 4 aromatic rings. The maximum atomic E-state index is 13.9. The third kappa shape index (κ3) is 6.10. The first-order valence-electron chi connectivity index (χ1n) is 12.7. The monoisotopic (exact) mass is 520 g/mol. The highest BCUT2D eigenvalue weighted by atomic mass is 19.1. The van der Waals surface area contributed by atoms with Gasteiger partial charge in [-0.05, 0) is 78.8 Å². The molecule has 0 aliphatic carbocycles. The molecule has 0 fully saturated rings. The van der Waals surface area contributed by atoms with Crippen LogP contribution in [0.2, 0.25) is 0 Å². The number of hydrogen-bond acceptors (Lipinski definition) is 4. The summed E-state index contributed by atoms with van der Waals surface area (Å²) in [6, 6.07) is 28.9. The van der Waals surface area contributed by atoms with Crippen molar-refractivity contribution in [3.05, 3.63) is 131 Å². The van der Waals surface area contributed by atoms with Crippen molar-refractivity contribution in [3.8, 4) is 0 Å². The average Bonchev–Trinajstić information content (AvgIpc) is 3.26. The topological polar surface area (TPSA) is 73.8 Å². The van der Waals surface area contributed by atoms with E-state index >= 15 is 0 Å². The molecule has 0 saturated carbocycles. The fraction of sp³-hybridized carbons (Fsp3) is 0.156. The maximum absolute atomic E-state index is 13.9. The Hall–Kier alpha value is -4.62. The number of amides is 2. The van der Waals surface area contributed by atoms with E-state index in [1.54, 1.807) is 18.2 Å². The van der Waals surface area contributed by atoms with Crippen LogP contribution >= 0.6 is 0 Å². The number of nitrogens with zero attached hydrogens (tertiary/aromatic N) is 2. The van der Waals surface area contributed by atoms with Crippen molar-refractivity contribution in [3.63, 3.8) is 0 Å². The summed E-state index contributed by atoms with van der Waals surface area (Å²) in [5.41, 5.74) is 5.72. The van der Waals surface area contributed by atoms with Gasteiger partial charge in [-0.25, -0.2) is 4.39 Å². The fourth-order valence-electron chi connectivity index (χ4n) is 4.70. The van der Waals surface area contributed by atoms with Gasteiger partial charge in [-0.3, -0.25) is 14.6 Å². The van der Waals surface area contributed by atoms with Gasteiger partial charge in [-0.1, -0.05) is 54.6 Å². The standard InChI is InChI=1S/C32H29FN4O2/c1-37(2)20-21-11-14-26(15-12-21)35-30(29-27-16-13-25(33)18-28(27)36-32(29)39)24-10-6-7-22(17-24)19-34-31(38)23-8-4-3-5-9-23/h3-18,29H,19-20H2,1-2H3,(H,34,38)(H,36,39). The van der Waals surface area contributed by atoms with Crippen LogP contribution < -0.4 is 10.6 Å². The van der Waals surface area contributed by atoms with Gasteiger partial charge in [0, 0.05) is 24.3 Å². The summed E-state index contributed by atoms with van der Waals surface area (Å²) < 4.78 is 13.9. The van der Waals surface area contributed by atoms with E-state index in [9.17, 15) is 14.0 Å². The van der Waals surface area contributed by atoms with E-state index in [2.05, 4.69) is 15.5 Å². The largest absolute Gasteiger partial charge is 0.348 e. The zero-order valence-electron chi connectivity index (χ0n) is 21.8. The van der Waals surface area contributed by atoms with Crippen LogP contribution in [0.15, 0.2) is 102 Å². The first-order valence-corrected chi connectivity index (χ1v) is 12.7. The quantitative estimate of drug-likeness (QED) is 0.294. The highest BCUT2D eigenvalue weighted by Gasteiger charge is 2.35. The van der Waals surface area contributed by atoms with Crippen LogP contribution in [0.5, 0.6) is 0 Å². The lowest BCUT2D eigenvalue weighted by Gasteiger charge is -2.16. The Bertz CT molecular complexity index is 1530. The number of aliphatic imine (C=N–C) groups is 1. The molecule has 39 heavy (non-hydrogen) atoms. The van der Waals surface area contributed by atoms with Crippen LogP contribution in [-0.4, -0.2) is 36.5 Å². The van der Waals surface area contributed by atoms with E-state index in [-0.39, 0.29) is 11.8 Å². The highest BCUT2D eigenvalue weighted by molar-refractivity contribution is 6.24. The summed E-state index contributed by atoms with van der Waals surface area (Å²) in [6.45, 7) is 1.12. The lowest BCUT2D eigenvalue weighted by Crippen LogP contribution is -2.24. The van der Waals surface area contributed by atoms with E-state index in [4.69, 9.17) is 4.99 Å². The minimum atomic E-state index is -0.712.